The van der Waals surface area contributed by atoms with Crippen LogP contribution >= 0.6 is 11.6 Å². The van der Waals surface area contributed by atoms with Crippen molar-refractivity contribution in [2.45, 2.75) is 12.5 Å². The summed E-state index contributed by atoms with van der Waals surface area (Å²) in [6, 6.07) is 10.0. The number of hydrogen-bond donors (Lipinski definition) is 1. The van der Waals surface area contributed by atoms with Gasteiger partial charge in [0.2, 0.25) is 0 Å². The van der Waals surface area contributed by atoms with Gasteiger partial charge in [0.05, 0.1) is 16.5 Å². The summed E-state index contributed by atoms with van der Waals surface area (Å²) in [6.07, 6.45) is 0.437. The van der Waals surface area contributed by atoms with E-state index in [1.807, 2.05) is 12.1 Å². The first-order valence-corrected chi connectivity index (χ1v) is 9.00. The fraction of sp³-hybridized carbons (Fsp3) is 0.267. The zero-order valence-electron chi connectivity index (χ0n) is 11.6. The van der Waals surface area contributed by atoms with Gasteiger partial charge in [0.1, 0.15) is 5.76 Å². The molecule has 1 atom stereocenters. The molecule has 116 valence electrons. The van der Waals surface area contributed by atoms with Crippen LogP contribution in [0.4, 0.5) is 0 Å². The Bertz CT molecular complexity index is 812. The maximum atomic E-state index is 12.1. The van der Waals surface area contributed by atoms with Crippen LogP contribution in [-0.4, -0.2) is 31.9 Å². The molecular formula is C15H14ClNO4S. The molecule has 2 heterocycles. The van der Waals surface area contributed by atoms with Crippen molar-refractivity contribution in [3.63, 3.8) is 0 Å². The van der Waals surface area contributed by atoms with Crippen LogP contribution in [0.15, 0.2) is 40.8 Å². The van der Waals surface area contributed by atoms with E-state index >= 15 is 0 Å². The molecule has 0 aliphatic carbocycles. The molecule has 1 aliphatic heterocycles. The average Bonchev–Trinajstić information content (AvgIpc) is 3.06. The van der Waals surface area contributed by atoms with Gasteiger partial charge in [-0.2, -0.15) is 0 Å². The van der Waals surface area contributed by atoms with E-state index in [0.717, 1.165) is 0 Å². The number of furan rings is 1. The number of sulfone groups is 1. The molecule has 0 radical (unpaired) electrons. The van der Waals surface area contributed by atoms with Gasteiger partial charge in [0.25, 0.3) is 5.91 Å². The largest absolute Gasteiger partial charge is 0.451 e. The van der Waals surface area contributed by atoms with E-state index in [0.29, 0.717) is 22.8 Å². The maximum absolute atomic E-state index is 12.1. The highest BCUT2D eigenvalue weighted by molar-refractivity contribution is 7.91. The molecule has 7 heteroatoms. The Labute approximate surface area is 133 Å². The van der Waals surface area contributed by atoms with E-state index in [-0.39, 0.29) is 23.3 Å². The molecular weight excluding hydrogens is 326 g/mol. The molecule has 3 rings (SSSR count). The maximum Gasteiger partial charge on any atom is 0.287 e. The number of benzene rings is 1. The monoisotopic (exact) mass is 339 g/mol. The highest BCUT2D eigenvalue weighted by Gasteiger charge is 2.29. The van der Waals surface area contributed by atoms with E-state index in [2.05, 4.69) is 5.32 Å². The highest BCUT2D eigenvalue weighted by Crippen LogP contribution is 2.29. The molecule has 1 amide bonds. The lowest BCUT2D eigenvalue weighted by Gasteiger charge is -2.08. The summed E-state index contributed by atoms with van der Waals surface area (Å²) in [5, 5.41) is 3.22. The summed E-state index contributed by atoms with van der Waals surface area (Å²) in [5.41, 5.74) is 0.701. The lowest BCUT2D eigenvalue weighted by atomic mass is 10.2. The van der Waals surface area contributed by atoms with Crippen molar-refractivity contribution in [2.24, 2.45) is 0 Å². The normalized spacial score (nSPS) is 20.0. The molecule has 22 heavy (non-hydrogen) atoms. The van der Waals surface area contributed by atoms with Crippen molar-refractivity contribution < 1.29 is 17.6 Å². The number of hydrogen-bond acceptors (Lipinski definition) is 4. The van der Waals surface area contributed by atoms with Crippen LogP contribution in [-0.2, 0) is 9.84 Å². The quantitative estimate of drug-likeness (QED) is 0.932. The Morgan fingerprint density at radius 1 is 1.23 bits per heavy atom. The van der Waals surface area contributed by atoms with E-state index < -0.39 is 15.7 Å². The Morgan fingerprint density at radius 3 is 2.68 bits per heavy atom. The second-order valence-electron chi connectivity index (χ2n) is 5.22. The molecule has 0 saturated carbocycles. The molecule has 1 N–H and O–H groups in total. The molecule has 1 aromatic heterocycles. The number of amides is 1. The second kappa shape index (κ2) is 5.78. The van der Waals surface area contributed by atoms with E-state index in [4.69, 9.17) is 16.0 Å². The van der Waals surface area contributed by atoms with Crippen molar-refractivity contribution in [1.82, 2.24) is 5.32 Å². The summed E-state index contributed by atoms with van der Waals surface area (Å²) in [4.78, 5) is 12.1. The first-order chi connectivity index (χ1) is 10.4. The Kier molecular flexibility index (Phi) is 3.97. The number of carbonyl (C=O) groups excluding carboxylic acids is 1. The van der Waals surface area contributed by atoms with E-state index in [1.54, 1.807) is 24.3 Å². The summed E-state index contributed by atoms with van der Waals surface area (Å²) in [5.74, 6) is 0.312. The van der Waals surface area contributed by atoms with Gasteiger partial charge in [0.15, 0.2) is 15.6 Å². The minimum absolute atomic E-state index is 0.0170. The molecule has 0 bridgehead atoms. The Hall–Kier alpha value is -1.79. The zero-order valence-corrected chi connectivity index (χ0v) is 13.2. The lowest BCUT2D eigenvalue weighted by molar-refractivity contribution is 0.0914. The fourth-order valence-electron chi connectivity index (χ4n) is 2.43. The minimum atomic E-state index is -3.03. The van der Waals surface area contributed by atoms with Crippen molar-refractivity contribution >= 4 is 27.3 Å². The van der Waals surface area contributed by atoms with Crippen LogP contribution < -0.4 is 5.32 Å². The van der Waals surface area contributed by atoms with Gasteiger partial charge in [-0.05, 0) is 30.7 Å². The summed E-state index contributed by atoms with van der Waals surface area (Å²) < 4.78 is 28.3. The third-order valence-corrected chi connectivity index (χ3v) is 5.63. The molecule has 1 unspecified atom stereocenters. The van der Waals surface area contributed by atoms with Crippen molar-refractivity contribution in [3.8, 4) is 11.3 Å². The van der Waals surface area contributed by atoms with Gasteiger partial charge in [-0.15, -0.1) is 0 Å². The highest BCUT2D eigenvalue weighted by atomic mass is 35.5. The van der Waals surface area contributed by atoms with Gasteiger partial charge >= 0.3 is 0 Å². The molecule has 5 nitrogen and oxygen atoms in total. The first kappa shape index (κ1) is 15.1. The van der Waals surface area contributed by atoms with Gasteiger partial charge in [0, 0.05) is 11.6 Å². The number of rotatable bonds is 3. The van der Waals surface area contributed by atoms with Crippen LogP contribution in [0.25, 0.3) is 11.3 Å². The predicted octanol–water partition coefficient (Wildman–Crippen LogP) is 2.52. The molecule has 1 aliphatic rings. The van der Waals surface area contributed by atoms with Gasteiger partial charge in [-0.1, -0.05) is 23.7 Å². The SMILES string of the molecule is O=C(NC1CCS(=O)(=O)C1)c1ccc(-c2ccccc2Cl)o1. The zero-order chi connectivity index (χ0) is 15.7. The van der Waals surface area contributed by atoms with E-state index in [1.165, 1.54) is 0 Å². The van der Waals surface area contributed by atoms with Gasteiger partial charge in [-0.3, -0.25) is 4.79 Å². The minimum Gasteiger partial charge on any atom is -0.451 e. The number of halogens is 1. The summed E-state index contributed by atoms with van der Waals surface area (Å²) in [6.45, 7) is 0. The van der Waals surface area contributed by atoms with Crippen molar-refractivity contribution in [3.05, 3.63) is 47.2 Å². The Morgan fingerprint density at radius 2 is 2.00 bits per heavy atom. The number of nitrogens with one attached hydrogen (secondary N) is 1. The topological polar surface area (TPSA) is 76.4 Å². The fourth-order valence-corrected chi connectivity index (χ4v) is 4.33. The molecule has 2 aromatic rings. The van der Waals surface area contributed by atoms with Gasteiger partial charge < -0.3 is 9.73 Å². The van der Waals surface area contributed by atoms with E-state index in [9.17, 15) is 13.2 Å². The van der Waals surface area contributed by atoms with Crippen LogP contribution in [0.1, 0.15) is 17.0 Å². The standard InChI is InChI=1S/C15H14ClNO4S/c16-12-4-2-1-3-11(12)13-5-6-14(21-13)15(18)17-10-7-8-22(19,20)9-10/h1-6,10H,7-9H2,(H,17,18). The first-order valence-electron chi connectivity index (χ1n) is 6.81. The third kappa shape index (κ3) is 3.18. The molecule has 0 spiro atoms. The van der Waals surface area contributed by atoms with Crippen LogP contribution in [0.2, 0.25) is 5.02 Å². The van der Waals surface area contributed by atoms with Crippen LogP contribution in [0, 0.1) is 0 Å². The summed E-state index contributed by atoms with van der Waals surface area (Å²) >= 11 is 6.09. The van der Waals surface area contributed by atoms with Crippen molar-refractivity contribution in [2.75, 3.05) is 11.5 Å². The molecule has 1 fully saturated rings. The number of carbonyl (C=O) groups is 1. The summed E-state index contributed by atoms with van der Waals surface area (Å²) in [7, 11) is -3.03. The lowest BCUT2D eigenvalue weighted by Crippen LogP contribution is -2.35. The van der Waals surface area contributed by atoms with Gasteiger partial charge in [-0.25, -0.2) is 8.42 Å². The Balaban J connectivity index is 1.74. The second-order valence-corrected chi connectivity index (χ2v) is 7.85. The molecule has 1 aromatic carbocycles. The average molecular weight is 340 g/mol. The van der Waals surface area contributed by atoms with Crippen LogP contribution in [0.5, 0.6) is 0 Å². The van der Waals surface area contributed by atoms with Crippen LogP contribution in [0.3, 0.4) is 0 Å². The van der Waals surface area contributed by atoms with Crippen molar-refractivity contribution in [1.29, 1.82) is 0 Å². The predicted molar refractivity (Wildman–Crippen MR) is 83.7 cm³/mol. The third-order valence-electron chi connectivity index (χ3n) is 3.54. The smallest absolute Gasteiger partial charge is 0.287 e. The molecule has 1 saturated heterocycles.